The van der Waals surface area contributed by atoms with Crippen molar-refractivity contribution in [3.63, 3.8) is 0 Å². The standard InChI is InChI=1S/C20H30/c1-6-9-18(19(4)12-7-10-16(2)14-19)20(5)13-8-11-17(3)15-20/h7-8,10-13,18H,6,9,14-15H2,1-5H3. The van der Waals surface area contributed by atoms with Crippen LogP contribution in [0.3, 0.4) is 0 Å². The third kappa shape index (κ3) is 3.00. The minimum absolute atomic E-state index is 0.297. The maximum atomic E-state index is 2.47. The zero-order valence-corrected chi connectivity index (χ0v) is 13.9. The molecule has 0 nitrogen and oxygen atoms in total. The van der Waals surface area contributed by atoms with E-state index in [9.17, 15) is 0 Å². The molecule has 0 spiro atoms. The van der Waals surface area contributed by atoms with E-state index in [1.54, 1.807) is 0 Å². The zero-order chi connectivity index (χ0) is 14.8. The van der Waals surface area contributed by atoms with Gasteiger partial charge in [-0.15, -0.1) is 0 Å². The molecule has 110 valence electrons. The molecule has 0 heteroatoms. The van der Waals surface area contributed by atoms with Crippen molar-refractivity contribution in [2.45, 2.75) is 60.3 Å². The quantitative estimate of drug-likeness (QED) is 0.568. The molecule has 0 N–H and O–H groups in total. The lowest BCUT2D eigenvalue weighted by atomic mass is 9.56. The average Bonchev–Trinajstić information content (AvgIpc) is 2.35. The van der Waals surface area contributed by atoms with Crippen LogP contribution in [0, 0.1) is 16.7 Å². The Bertz CT molecular complexity index is 432. The summed E-state index contributed by atoms with van der Waals surface area (Å²) >= 11 is 0. The maximum absolute atomic E-state index is 2.47. The Balaban J connectivity index is 2.32. The van der Waals surface area contributed by atoms with Gasteiger partial charge < -0.3 is 0 Å². The van der Waals surface area contributed by atoms with Gasteiger partial charge in [-0.25, -0.2) is 0 Å². The second kappa shape index (κ2) is 5.76. The molecule has 0 aromatic carbocycles. The second-order valence-electron chi connectivity index (χ2n) is 7.45. The highest BCUT2D eigenvalue weighted by Gasteiger charge is 2.43. The fourth-order valence-corrected chi connectivity index (χ4v) is 4.48. The van der Waals surface area contributed by atoms with E-state index in [1.807, 2.05) is 0 Å². The summed E-state index contributed by atoms with van der Waals surface area (Å²) in [7, 11) is 0. The molecule has 2 aliphatic carbocycles. The van der Waals surface area contributed by atoms with E-state index in [0.29, 0.717) is 16.7 Å². The van der Waals surface area contributed by atoms with E-state index in [1.165, 1.54) is 36.8 Å². The summed E-state index contributed by atoms with van der Waals surface area (Å²) < 4.78 is 0. The van der Waals surface area contributed by atoms with E-state index in [0.717, 1.165) is 0 Å². The molecule has 0 radical (unpaired) electrons. The normalized spacial score (nSPS) is 34.6. The lowest BCUT2D eigenvalue weighted by Crippen LogP contribution is -2.39. The summed E-state index contributed by atoms with van der Waals surface area (Å²) in [6, 6.07) is 0. The van der Waals surface area contributed by atoms with Gasteiger partial charge in [0.1, 0.15) is 0 Å². The summed E-state index contributed by atoms with van der Waals surface area (Å²) in [6.07, 6.45) is 19.0. The Kier molecular flexibility index (Phi) is 4.42. The van der Waals surface area contributed by atoms with Crippen molar-refractivity contribution in [3.05, 3.63) is 47.6 Å². The van der Waals surface area contributed by atoms with Gasteiger partial charge in [0.2, 0.25) is 0 Å². The molecule has 20 heavy (non-hydrogen) atoms. The molecule has 0 fully saturated rings. The first kappa shape index (κ1) is 15.4. The largest absolute Gasteiger partial charge is 0.0780 e. The highest BCUT2D eigenvalue weighted by Crippen LogP contribution is 2.52. The van der Waals surface area contributed by atoms with Gasteiger partial charge in [-0.2, -0.15) is 0 Å². The van der Waals surface area contributed by atoms with E-state index in [-0.39, 0.29) is 0 Å². The number of allylic oxidation sites excluding steroid dienone is 8. The first-order valence-corrected chi connectivity index (χ1v) is 8.09. The number of hydrogen-bond donors (Lipinski definition) is 0. The van der Waals surface area contributed by atoms with Gasteiger partial charge in [0.05, 0.1) is 0 Å². The molecule has 0 amide bonds. The fraction of sp³-hybridized carbons (Fsp3) is 0.600. The topological polar surface area (TPSA) is 0 Å². The van der Waals surface area contributed by atoms with Crippen molar-refractivity contribution >= 4 is 0 Å². The molecule has 2 aliphatic rings. The van der Waals surface area contributed by atoms with Crippen molar-refractivity contribution in [2.75, 3.05) is 0 Å². The molecule has 2 unspecified atom stereocenters. The average molecular weight is 270 g/mol. The van der Waals surface area contributed by atoms with Gasteiger partial charge in [0.25, 0.3) is 0 Å². The summed E-state index contributed by atoms with van der Waals surface area (Å²) in [5.41, 5.74) is 3.63. The summed E-state index contributed by atoms with van der Waals surface area (Å²) in [4.78, 5) is 0. The minimum atomic E-state index is 0.297. The first-order chi connectivity index (χ1) is 9.39. The van der Waals surface area contributed by atoms with Crippen molar-refractivity contribution in [1.29, 1.82) is 0 Å². The Hall–Kier alpha value is -1.04. The van der Waals surface area contributed by atoms with Crippen LogP contribution in [0.1, 0.15) is 60.3 Å². The summed E-state index contributed by atoms with van der Waals surface area (Å²) in [6.45, 7) is 11.8. The van der Waals surface area contributed by atoms with Crippen molar-refractivity contribution in [3.8, 4) is 0 Å². The van der Waals surface area contributed by atoms with Crippen LogP contribution in [0.25, 0.3) is 0 Å². The molecule has 0 heterocycles. The summed E-state index contributed by atoms with van der Waals surface area (Å²) in [5.74, 6) is 0.708. The van der Waals surface area contributed by atoms with Crippen LogP contribution in [0.15, 0.2) is 47.6 Å². The molecule has 0 saturated carbocycles. The van der Waals surface area contributed by atoms with Crippen molar-refractivity contribution in [2.24, 2.45) is 16.7 Å². The maximum Gasteiger partial charge on any atom is -0.00698 e. The van der Waals surface area contributed by atoms with Gasteiger partial charge in [0.15, 0.2) is 0 Å². The highest BCUT2D eigenvalue weighted by atomic mass is 14.5. The predicted molar refractivity (Wildman–Crippen MR) is 89.6 cm³/mol. The minimum Gasteiger partial charge on any atom is -0.0780 e. The van der Waals surface area contributed by atoms with Crippen LogP contribution < -0.4 is 0 Å². The lowest BCUT2D eigenvalue weighted by molar-refractivity contribution is 0.106. The van der Waals surface area contributed by atoms with Crippen molar-refractivity contribution in [1.82, 2.24) is 0 Å². The van der Waals surface area contributed by atoms with E-state index < -0.39 is 0 Å². The van der Waals surface area contributed by atoms with Crippen LogP contribution in [0.4, 0.5) is 0 Å². The number of hydrogen-bond acceptors (Lipinski definition) is 0. The Morgan fingerprint density at radius 2 is 1.40 bits per heavy atom. The monoisotopic (exact) mass is 270 g/mol. The molecular formula is C20H30. The molecule has 0 aliphatic heterocycles. The van der Waals surface area contributed by atoms with Gasteiger partial charge >= 0.3 is 0 Å². The predicted octanol–water partition coefficient (Wildman–Crippen LogP) is 6.23. The third-order valence-electron chi connectivity index (χ3n) is 5.20. The van der Waals surface area contributed by atoms with Crippen LogP contribution in [0.5, 0.6) is 0 Å². The Morgan fingerprint density at radius 1 is 0.950 bits per heavy atom. The van der Waals surface area contributed by atoms with Crippen LogP contribution in [0.2, 0.25) is 0 Å². The van der Waals surface area contributed by atoms with Gasteiger partial charge in [-0.1, -0.05) is 74.8 Å². The number of rotatable bonds is 4. The molecule has 0 bridgehead atoms. The van der Waals surface area contributed by atoms with Gasteiger partial charge in [-0.05, 0) is 49.9 Å². The van der Waals surface area contributed by atoms with Crippen LogP contribution in [-0.4, -0.2) is 0 Å². The second-order valence-corrected chi connectivity index (χ2v) is 7.45. The zero-order valence-electron chi connectivity index (χ0n) is 13.9. The van der Waals surface area contributed by atoms with Crippen LogP contribution >= 0.6 is 0 Å². The van der Waals surface area contributed by atoms with E-state index in [2.05, 4.69) is 71.1 Å². The summed E-state index contributed by atoms with van der Waals surface area (Å²) in [5, 5.41) is 0. The smallest absolute Gasteiger partial charge is 0.00698 e. The van der Waals surface area contributed by atoms with Crippen molar-refractivity contribution < 1.29 is 0 Å². The van der Waals surface area contributed by atoms with Gasteiger partial charge in [-0.3, -0.25) is 0 Å². The van der Waals surface area contributed by atoms with Gasteiger partial charge in [0, 0.05) is 0 Å². The van der Waals surface area contributed by atoms with E-state index in [4.69, 9.17) is 0 Å². The molecular weight excluding hydrogens is 240 g/mol. The highest BCUT2D eigenvalue weighted by molar-refractivity contribution is 5.28. The Labute approximate surface area is 125 Å². The van der Waals surface area contributed by atoms with E-state index >= 15 is 0 Å². The molecule has 2 rings (SSSR count). The third-order valence-corrected chi connectivity index (χ3v) is 5.20. The SMILES string of the molecule is CCCC(C1(C)C=CC=C(C)C1)C1(C)C=CC=C(C)C1. The van der Waals surface area contributed by atoms with Crippen LogP contribution in [-0.2, 0) is 0 Å². The molecule has 2 atom stereocenters. The molecule has 0 saturated heterocycles. The fourth-order valence-electron chi connectivity index (χ4n) is 4.48. The first-order valence-electron chi connectivity index (χ1n) is 8.09. The Morgan fingerprint density at radius 3 is 1.75 bits per heavy atom. The lowest BCUT2D eigenvalue weighted by Gasteiger charge is -2.48. The molecule has 0 aromatic rings. The molecule has 0 aromatic heterocycles.